The van der Waals surface area contributed by atoms with Gasteiger partial charge in [0.05, 0.1) is 6.54 Å². The van der Waals surface area contributed by atoms with Gasteiger partial charge >= 0.3 is 0 Å². The summed E-state index contributed by atoms with van der Waals surface area (Å²) >= 11 is 1.93. The Morgan fingerprint density at radius 3 is 3.05 bits per heavy atom. The van der Waals surface area contributed by atoms with Crippen LogP contribution >= 0.6 is 11.8 Å². The van der Waals surface area contributed by atoms with Crippen molar-refractivity contribution in [3.05, 3.63) is 29.6 Å². The van der Waals surface area contributed by atoms with Crippen molar-refractivity contribution in [2.45, 2.75) is 37.5 Å². The van der Waals surface area contributed by atoms with Crippen LogP contribution in [0.25, 0.3) is 0 Å². The van der Waals surface area contributed by atoms with E-state index in [4.69, 9.17) is 5.73 Å². The first kappa shape index (κ1) is 15.9. The highest BCUT2D eigenvalue weighted by atomic mass is 32.2. The number of pyridine rings is 1. The molecular formula is C16H21N3OS. The first-order valence-electron chi connectivity index (χ1n) is 7.32. The maximum atomic E-state index is 12.2. The van der Waals surface area contributed by atoms with Gasteiger partial charge < -0.3 is 11.1 Å². The fourth-order valence-electron chi connectivity index (χ4n) is 2.50. The highest BCUT2D eigenvalue weighted by Gasteiger charge is 2.28. The van der Waals surface area contributed by atoms with Crippen LogP contribution in [0, 0.1) is 11.8 Å². The predicted octanol–water partition coefficient (Wildman–Crippen LogP) is 1.80. The van der Waals surface area contributed by atoms with Gasteiger partial charge in [0.15, 0.2) is 0 Å². The van der Waals surface area contributed by atoms with Gasteiger partial charge in [-0.05, 0) is 30.7 Å². The summed E-state index contributed by atoms with van der Waals surface area (Å²) in [5.41, 5.74) is 6.54. The Labute approximate surface area is 130 Å². The average Bonchev–Trinajstić information content (AvgIpc) is 2.93. The Kier molecular flexibility index (Phi) is 6.09. The topological polar surface area (TPSA) is 68.0 Å². The molecule has 0 saturated heterocycles. The third kappa shape index (κ3) is 4.48. The van der Waals surface area contributed by atoms with Gasteiger partial charge in [-0.2, -0.15) is 11.8 Å². The van der Waals surface area contributed by atoms with E-state index in [2.05, 4.69) is 29.1 Å². The molecule has 4 nitrogen and oxygen atoms in total. The molecule has 0 aliphatic heterocycles. The quantitative estimate of drug-likeness (QED) is 0.832. The van der Waals surface area contributed by atoms with E-state index in [-0.39, 0.29) is 11.9 Å². The van der Waals surface area contributed by atoms with E-state index in [0.717, 1.165) is 17.7 Å². The Balaban J connectivity index is 1.96. The molecule has 1 saturated carbocycles. The van der Waals surface area contributed by atoms with Crippen molar-refractivity contribution in [1.82, 2.24) is 10.3 Å². The molecule has 1 aromatic heterocycles. The molecule has 2 unspecified atom stereocenters. The van der Waals surface area contributed by atoms with Crippen molar-refractivity contribution in [3.8, 4) is 11.8 Å². The van der Waals surface area contributed by atoms with Crippen molar-refractivity contribution in [2.24, 2.45) is 5.73 Å². The Morgan fingerprint density at radius 2 is 2.38 bits per heavy atom. The van der Waals surface area contributed by atoms with E-state index < -0.39 is 0 Å². The highest BCUT2D eigenvalue weighted by Crippen LogP contribution is 2.29. The van der Waals surface area contributed by atoms with Crippen LogP contribution in [-0.4, -0.2) is 34.5 Å². The van der Waals surface area contributed by atoms with Crippen molar-refractivity contribution in [2.75, 3.05) is 12.3 Å². The summed E-state index contributed by atoms with van der Waals surface area (Å²) in [4.78, 5) is 16.4. The molecule has 0 spiro atoms. The lowest BCUT2D eigenvalue weighted by Gasteiger charge is -2.19. The molecule has 1 aromatic rings. The van der Waals surface area contributed by atoms with Crippen LogP contribution < -0.4 is 11.1 Å². The third-order valence-corrected chi connectivity index (χ3v) is 4.81. The molecule has 0 bridgehead atoms. The number of carbonyl (C=O) groups excluding carboxylic acids is 1. The van der Waals surface area contributed by atoms with Gasteiger partial charge in [-0.25, -0.2) is 4.98 Å². The SMILES string of the molecule is CCSC1CCCC1NC(=O)c1ccc(C#CCN)cn1. The van der Waals surface area contributed by atoms with Gasteiger partial charge in [0.25, 0.3) is 5.91 Å². The number of nitrogens with one attached hydrogen (secondary N) is 1. The van der Waals surface area contributed by atoms with Crippen molar-refractivity contribution >= 4 is 17.7 Å². The van der Waals surface area contributed by atoms with E-state index in [0.29, 0.717) is 17.5 Å². The van der Waals surface area contributed by atoms with Gasteiger partial charge in [0, 0.05) is 23.1 Å². The molecule has 2 atom stereocenters. The first-order valence-corrected chi connectivity index (χ1v) is 8.37. The molecule has 112 valence electrons. The van der Waals surface area contributed by atoms with Crippen LogP contribution in [0.15, 0.2) is 18.3 Å². The van der Waals surface area contributed by atoms with Crippen LogP contribution in [-0.2, 0) is 0 Å². The fraction of sp³-hybridized carbons (Fsp3) is 0.500. The standard InChI is InChI=1S/C16H21N3OS/c1-2-21-15-7-3-6-13(15)19-16(20)14-9-8-12(11-18-14)5-4-10-17/h8-9,11,13,15H,2-3,6-7,10,17H2,1H3,(H,19,20). The van der Waals surface area contributed by atoms with E-state index in [9.17, 15) is 4.79 Å². The van der Waals surface area contributed by atoms with E-state index >= 15 is 0 Å². The lowest BCUT2D eigenvalue weighted by Crippen LogP contribution is -2.39. The number of rotatable bonds is 4. The smallest absolute Gasteiger partial charge is 0.270 e. The largest absolute Gasteiger partial charge is 0.347 e. The Morgan fingerprint density at radius 1 is 1.52 bits per heavy atom. The zero-order chi connectivity index (χ0) is 15.1. The summed E-state index contributed by atoms with van der Waals surface area (Å²) in [6.07, 6.45) is 5.04. The van der Waals surface area contributed by atoms with Crippen LogP contribution in [0.1, 0.15) is 42.2 Å². The second kappa shape index (κ2) is 8.06. The minimum absolute atomic E-state index is 0.0954. The van der Waals surface area contributed by atoms with Crippen molar-refractivity contribution in [3.63, 3.8) is 0 Å². The lowest BCUT2D eigenvalue weighted by molar-refractivity contribution is 0.0933. The number of hydrogen-bond acceptors (Lipinski definition) is 4. The molecule has 1 aliphatic carbocycles. The maximum absolute atomic E-state index is 12.2. The van der Waals surface area contributed by atoms with Crippen molar-refractivity contribution < 1.29 is 4.79 Å². The van der Waals surface area contributed by atoms with Crippen LogP contribution in [0.4, 0.5) is 0 Å². The van der Waals surface area contributed by atoms with Gasteiger partial charge in [0.2, 0.25) is 0 Å². The summed E-state index contributed by atoms with van der Waals surface area (Å²) in [5.74, 6) is 6.65. The number of hydrogen-bond donors (Lipinski definition) is 2. The maximum Gasteiger partial charge on any atom is 0.270 e. The summed E-state index contributed by atoms with van der Waals surface area (Å²) < 4.78 is 0. The molecule has 0 aromatic carbocycles. The number of amides is 1. The van der Waals surface area contributed by atoms with E-state index in [1.165, 1.54) is 12.8 Å². The summed E-state index contributed by atoms with van der Waals surface area (Å²) in [7, 11) is 0. The molecule has 1 aliphatic rings. The number of carbonyl (C=O) groups is 1. The molecule has 5 heteroatoms. The molecule has 0 radical (unpaired) electrons. The van der Waals surface area contributed by atoms with Crippen LogP contribution in [0.5, 0.6) is 0 Å². The van der Waals surface area contributed by atoms with Crippen LogP contribution in [0.3, 0.4) is 0 Å². The van der Waals surface area contributed by atoms with Gasteiger partial charge in [-0.15, -0.1) is 0 Å². The molecule has 1 heterocycles. The summed E-state index contributed by atoms with van der Waals surface area (Å²) in [5, 5.41) is 3.65. The van der Waals surface area contributed by atoms with Gasteiger partial charge in [-0.1, -0.05) is 25.2 Å². The molecular weight excluding hydrogens is 282 g/mol. The summed E-state index contributed by atoms with van der Waals surface area (Å²) in [6.45, 7) is 2.48. The number of aromatic nitrogens is 1. The van der Waals surface area contributed by atoms with E-state index in [1.807, 2.05) is 11.8 Å². The second-order valence-electron chi connectivity index (χ2n) is 4.94. The number of nitrogens with two attached hydrogens (primary N) is 1. The first-order chi connectivity index (χ1) is 10.2. The van der Waals surface area contributed by atoms with E-state index in [1.54, 1.807) is 18.3 Å². The van der Waals surface area contributed by atoms with Crippen molar-refractivity contribution in [1.29, 1.82) is 0 Å². The van der Waals surface area contributed by atoms with Gasteiger partial charge in [0.1, 0.15) is 5.69 Å². The van der Waals surface area contributed by atoms with Crippen LogP contribution in [0.2, 0.25) is 0 Å². The Bertz CT molecular complexity index is 533. The Hall–Kier alpha value is -1.51. The number of nitrogens with zero attached hydrogens (tertiary/aromatic N) is 1. The zero-order valence-corrected chi connectivity index (χ0v) is 13.1. The minimum atomic E-state index is -0.0954. The monoisotopic (exact) mass is 303 g/mol. The molecule has 1 fully saturated rings. The molecule has 1 amide bonds. The predicted molar refractivity (Wildman–Crippen MR) is 87.2 cm³/mol. The third-order valence-electron chi connectivity index (χ3n) is 3.48. The van der Waals surface area contributed by atoms with Gasteiger partial charge in [-0.3, -0.25) is 4.79 Å². The fourth-order valence-corrected chi connectivity index (χ4v) is 3.70. The highest BCUT2D eigenvalue weighted by molar-refractivity contribution is 7.99. The normalized spacial score (nSPS) is 20.7. The molecule has 21 heavy (non-hydrogen) atoms. The minimum Gasteiger partial charge on any atom is -0.347 e. The lowest BCUT2D eigenvalue weighted by atomic mass is 10.2. The average molecular weight is 303 g/mol. The number of thioether (sulfide) groups is 1. The molecule has 3 N–H and O–H groups in total. The second-order valence-corrected chi connectivity index (χ2v) is 6.46. The molecule has 2 rings (SSSR count). The zero-order valence-electron chi connectivity index (χ0n) is 12.3. The summed E-state index contributed by atoms with van der Waals surface area (Å²) in [6, 6.07) is 3.78.